The average Bonchev–Trinajstić information content (AvgIpc) is 2.28. The Morgan fingerprint density at radius 1 is 1.29 bits per heavy atom. The molecule has 0 spiro atoms. The summed E-state index contributed by atoms with van der Waals surface area (Å²) < 4.78 is 0. The number of carbonyl (C=O) groups is 1. The molecule has 2 rings (SSSR count). The van der Waals surface area contributed by atoms with Crippen molar-refractivity contribution in [3.05, 3.63) is 0 Å². The highest BCUT2D eigenvalue weighted by Gasteiger charge is 2.45. The summed E-state index contributed by atoms with van der Waals surface area (Å²) in [5.74, 6) is 1.15. The number of hydrogen-bond acceptors (Lipinski definition) is 2. The molecule has 0 aliphatic heterocycles. The number of carbonyl (C=O) groups excluding carboxylic acids is 1. The highest BCUT2D eigenvalue weighted by Crippen LogP contribution is 2.42. The topological polar surface area (TPSA) is 46.3 Å². The van der Waals surface area contributed by atoms with Crippen LogP contribution in [-0.4, -0.2) is 30.4 Å². The predicted molar refractivity (Wildman–Crippen MR) is 69.5 cm³/mol. The van der Waals surface area contributed by atoms with Crippen molar-refractivity contribution in [1.82, 2.24) is 4.90 Å². The molecule has 2 aliphatic carbocycles. The first-order valence-electron chi connectivity index (χ1n) is 7.06. The van der Waals surface area contributed by atoms with Gasteiger partial charge in [-0.2, -0.15) is 0 Å². The Labute approximate surface area is 105 Å². The van der Waals surface area contributed by atoms with Gasteiger partial charge < -0.3 is 10.6 Å². The van der Waals surface area contributed by atoms with Crippen LogP contribution in [0.15, 0.2) is 0 Å². The van der Waals surface area contributed by atoms with Gasteiger partial charge in [0.25, 0.3) is 0 Å². The Bertz CT molecular complexity index is 272. The number of hydrogen-bond donors (Lipinski definition) is 1. The van der Waals surface area contributed by atoms with Crippen molar-refractivity contribution in [3.8, 4) is 0 Å². The first-order chi connectivity index (χ1) is 8.09. The molecule has 0 saturated heterocycles. The lowest BCUT2D eigenvalue weighted by Crippen LogP contribution is -2.53. The summed E-state index contributed by atoms with van der Waals surface area (Å²) >= 11 is 0. The second-order valence-corrected chi connectivity index (χ2v) is 6.17. The first kappa shape index (κ1) is 12.9. The van der Waals surface area contributed by atoms with E-state index in [0.29, 0.717) is 18.5 Å². The van der Waals surface area contributed by atoms with Gasteiger partial charge in [-0.25, -0.2) is 0 Å². The molecule has 1 amide bonds. The maximum Gasteiger partial charge on any atom is 0.230 e. The van der Waals surface area contributed by atoms with E-state index in [1.54, 1.807) is 0 Å². The summed E-state index contributed by atoms with van der Waals surface area (Å²) in [7, 11) is 1.98. The minimum atomic E-state index is -0.197. The van der Waals surface area contributed by atoms with E-state index in [2.05, 4.69) is 6.92 Å². The van der Waals surface area contributed by atoms with Crippen LogP contribution < -0.4 is 5.73 Å². The molecule has 3 nitrogen and oxygen atoms in total. The Hall–Kier alpha value is -0.570. The molecular formula is C14H26N2O. The summed E-state index contributed by atoms with van der Waals surface area (Å²) in [5, 5.41) is 0. The van der Waals surface area contributed by atoms with E-state index in [-0.39, 0.29) is 5.41 Å². The molecule has 3 heteroatoms. The number of nitrogens with two attached hydrogens (primary N) is 1. The zero-order valence-electron chi connectivity index (χ0n) is 11.2. The lowest BCUT2D eigenvalue weighted by Gasteiger charge is -2.44. The van der Waals surface area contributed by atoms with Gasteiger partial charge in [0.1, 0.15) is 0 Å². The van der Waals surface area contributed by atoms with Gasteiger partial charge in [0.2, 0.25) is 5.91 Å². The minimum Gasteiger partial charge on any atom is -0.342 e. The summed E-state index contributed by atoms with van der Waals surface area (Å²) in [6.45, 7) is 2.84. The highest BCUT2D eigenvalue weighted by atomic mass is 16.2. The van der Waals surface area contributed by atoms with Gasteiger partial charge in [0, 0.05) is 19.6 Å². The molecule has 2 saturated carbocycles. The molecule has 2 N–H and O–H groups in total. The normalized spacial score (nSPS) is 31.7. The molecule has 0 aromatic carbocycles. The first-order valence-corrected chi connectivity index (χ1v) is 7.06. The van der Waals surface area contributed by atoms with Crippen molar-refractivity contribution in [2.24, 2.45) is 17.1 Å². The maximum atomic E-state index is 12.5. The monoisotopic (exact) mass is 238 g/mol. The smallest absolute Gasteiger partial charge is 0.230 e. The fraction of sp³-hybridized carbons (Fsp3) is 0.929. The van der Waals surface area contributed by atoms with E-state index in [1.165, 1.54) is 32.1 Å². The summed E-state index contributed by atoms with van der Waals surface area (Å²) in [5.41, 5.74) is 5.61. The van der Waals surface area contributed by atoms with E-state index >= 15 is 0 Å². The third-order valence-corrected chi connectivity index (χ3v) is 5.01. The van der Waals surface area contributed by atoms with Crippen LogP contribution in [0, 0.1) is 11.3 Å². The molecule has 0 heterocycles. The summed E-state index contributed by atoms with van der Waals surface area (Å²) in [4.78, 5) is 14.5. The standard InChI is InChI=1S/C14H26N2O/c1-11-4-6-12(7-5-11)16(2)13(17)14(10-15)8-3-9-14/h11-12H,3-10,15H2,1-2H3. The van der Waals surface area contributed by atoms with Crippen molar-refractivity contribution in [1.29, 1.82) is 0 Å². The second-order valence-electron chi connectivity index (χ2n) is 6.17. The molecule has 98 valence electrons. The van der Waals surface area contributed by atoms with Gasteiger partial charge in [-0.05, 0) is 44.4 Å². The lowest BCUT2D eigenvalue weighted by atomic mass is 9.67. The van der Waals surface area contributed by atoms with Crippen LogP contribution >= 0.6 is 0 Å². The second kappa shape index (κ2) is 4.97. The van der Waals surface area contributed by atoms with Gasteiger partial charge in [-0.1, -0.05) is 13.3 Å². The molecule has 0 unspecified atom stereocenters. The molecular weight excluding hydrogens is 212 g/mol. The molecule has 0 aromatic rings. The molecule has 17 heavy (non-hydrogen) atoms. The van der Waals surface area contributed by atoms with E-state index in [0.717, 1.165) is 18.8 Å². The summed E-state index contributed by atoms with van der Waals surface area (Å²) in [6, 6.07) is 0.461. The Morgan fingerprint density at radius 3 is 2.29 bits per heavy atom. The Morgan fingerprint density at radius 2 is 1.88 bits per heavy atom. The van der Waals surface area contributed by atoms with Crippen molar-refractivity contribution >= 4 is 5.91 Å². The van der Waals surface area contributed by atoms with Crippen molar-refractivity contribution in [2.45, 2.75) is 57.9 Å². The van der Waals surface area contributed by atoms with Crippen LogP contribution in [0.25, 0.3) is 0 Å². The Kier molecular flexibility index (Phi) is 3.76. The average molecular weight is 238 g/mol. The van der Waals surface area contributed by atoms with Gasteiger partial charge in [-0.15, -0.1) is 0 Å². The van der Waals surface area contributed by atoms with Crippen molar-refractivity contribution in [2.75, 3.05) is 13.6 Å². The van der Waals surface area contributed by atoms with E-state index in [9.17, 15) is 4.79 Å². The molecule has 0 atom stereocenters. The SMILES string of the molecule is CC1CCC(N(C)C(=O)C2(CN)CCC2)CC1. The highest BCUT2D eigenvalue weighted by molar-refractivity contribution is 5.84. The van der Waals surface area contributed by atoms with Crippen LogP contribution in [0.5, 0.6) is 0 Å². The van der Waals surface area contributed by atoms with Crippen LogP contribution in [0.4, 0.5) is 0 Å². The largest absolute Gasteiger partial charge is 0.342 e. The van der Waals surface area contributed by atoms with E-state index < -0.39 is 0 Å². The Balaban J connectivity index is 1.95. The third-order valence-electron chi connectivity index (χ3n) is 5.01. The third kappa shape index (κ3) is 2.35. The fourth-order valence-electron chi connectivity index (χ4n) is 3.28. The van der Waals surface area contributed by atoms with Gasteiger partial charge >= 0.3 is 0 Å². The zero-order valence-corrected chi connectivity index (χ0v) is 11.2. The van der Waals surface area contributed by atoms with Gasteiger partial charge in [-0.3, -0.25) is 4.79 Å². The quantitative estimate of drug-likeness (QED) is 0.819. The van der Waals surface area contributed by atoms with E-state index in [4.69, 9.17) is 5.73 Å². The minimum absolute atomic E-state index is 0.197. The van der Waals surface area contributed by atoms with Crippen molar-refractivity contribution in [3.63, 3.8) is 0 Å². The van der Waals surface area contributed by atoms with Crippen LogP contribution in [-0.2, 0) is 4.79 Å². The number of rotatable bonds is 3. The molecule has 0 radical (unpaired) electrons. The van der Waals surface area contributed by atoms with Crippen molar-refractivity contribution < 1.29 is 4.79 Å². The van der Waals surface area contributed by atoms with E-state index in [1.807, 2.05) is 11.9 Å². The van der Waals surface area contributed by atoms with Crippen LogP contribution in [0.2, 0.25) is 0 Å². The molecule has 2 fully saturated rings. The number of nitrogens with zero attached hydrogens (tertiary/aromatic N) is 1. The number of amides is 1. The van der Waals surface area contributed by atoms with Crippen LogP contribution in [0.1, 0.15) is 51.9 Å². The summed E-state index contributed by atoms with van der Waals surface area (Å²) in [6.07, 6.45) is 8.02. The molecule has 0 bridgehead atoms. The maximum absolute atomic E-state index is 12.5. The molecule has 0 aromatic heterocycles. The van der Waals surface area contributed by atoms with Crippen LogP contribution in [0.3, 0.4) is 0 Å². The predicted octanol–water partition coefficient (Wildman–Crippen LogP) is 2.15. The lowest BCUT2D eigenvalue weighted by molar-refractivity contribution is -0.148. The van der Waals surface area contributed by atoms with Gasteiger partial charge in [0.05, 0.1) is 5.41 Å². The fourth-order valence-corrected chi connectivity index (χ4v) is 3.28. The van der Waals surface area contributed by atoms with Gasteiger partial charge in [0.15, 0.2) is 0 Å². The molecule has 2 aliphatic rings. The zero-order chi connectivity index (χ0) is 12.5.